The van der Waals surface area contributed by atoms with Crippen LogP contribution in [0.4, 0.5) is 0 Å². The average Bonchev–Trinajstić information content (AvgIpc) is 3.26. The van der Waals surface area contributed by atoms with Crippen molar-refractivity contribution in [2.24, 2.45) is 50.2 Å². The first kappa shape index (κ1) is 31.0. The number of cyclic esters (lactones) is 1. The van der Waals surface area contributed by atoms with E-state index in [1.807, 2.05) is 32.9 Å². The van der Waals surface area contributed by atoms with Crippen molar-refractivity contribution in [2.75, 3.05) is 6.61 Å². The van der Waals surface area contributed by atoms with Crippen LogP contribution in [0.5, 0.6) is 0 Å². The summed E-state index contributed by atoms with van der Waals surface area (Å²) in [5, 5.41) is 0. The van der Waals surface area contributed by atoms with Crippen LogP contribution in [0.2, 0.25) is 0 Å². The standard InChI is InChI=1S/C37H47NO6/c1-21-16-28(40)44-25(21)20-43-31(42)37-14-12-32(2,3)18-22(37)29-24(39)17-27-34(6)19-23(38-9)30(41)33(4,5)26(34)10-11-35(27,7)36(29,8)13-15-37/h17,19,22,26,29H,10-16,18,20H2,1-8H3/t22?,26-,29?,34-,35+,36+,37-/m0/s1. The number of nitrogens with zero attached hydrogens (tertiary/aromatic N) is 1. The Hall–Kier alpha value is -3.01. The Labute approximate surface area is 261 Å². The SMILES string of the molecule is [C-]#[N+]C1=C[C@]2(C)C3=CC(=O)C4C5CC(C)(C)CC[C@]5(C(=O)OCC5=C(C)CC(=O)O5)CC[C@@]4(C)[C@]3(C)CC[C@H]2C(C)(C)C1=O. The summed E-state index contributed by atoms with van der Waals surface area (Å²) < 4.78 is 11.3. The number of carbonyl (C=O) groups is 4. The Balaban J connectivity index is 1.43. The largest absolute Gasteiger partial charge is 0.457 e. The fourth-order valence-corrected chi connectivity index (χ4v) is 11.0. The molecule has 3 saturated carbocycles. The van der Waals surface area contributed by atoms with Gasteiger partial charge in [0.15, 0.2) is 11.6 Å². The summed E-state index contributed by atoms with van der Waals surface area (Å²) in [6, 6.07) is 0. The van der Waals surface area contributed by atoms with E-state index in [-0.39, 0.29) is 70.8 Å². The summed E-state index contributed by atoms with van der Waals surface area (Å²) in [7, 11) is 0. The van der Waals surface area contributed by atoms with Crippen LogP contribution in [-0.2, 0) is 28.7 Å². The summed E-state index contributed by atoms with van der Waals surface area (Å²) in [6.45, 7) is 24.7. The van der Waals surface area contributed by atoms with Crippen molar-refractivity contribution in [2.45, 2.75) is 107 Å². The second kappa shape index (κ2) is 9.50. The van der Waals surface area contributed by atoms with Crippen LogP contribution >= 0.6 is 0 Å². The topological polar surface area (TPSA) is 91.1 Å². The van der Waals surface area contributed by atoms with E-state index in [4.69, 9.17) is 16.0 Å². The Morgan fingerprint density at radius 2 is 1.70 bits per heavy atom. The number of esters is 2. The normalized spacial score (nSPS) is 42.1. The number of hydrogen-bond acceptors (Lipinski definition) is 6. The number of ether oxygens (including phenoxy) is 2. The van der Waals surface area contributed by atoms with Crippen LogP contribution in [0, 0.1) is 56.8 Å². The third-order valence-electron chi connectivity index (χ3n) is 13.7. The molecule has 2 unspecified atom stereocenters. The molecule has 3 fully saturated rings. The van der Waals surface area contributed by atoms with E-state index in [1.165, 1.54) is 0 Å². The molecule has 7 atom stereocenters. The molecule has 7 nitrogen and oxygen atoms in total. The Morgan fingerprint density at radius 3 is 2.34 bits per heavy atom. The molecule has 0 aromatic carbocycles. The number of carbonyl (C=O) groups excluding carboxylic acids is 4. The molecule has 6 aliphatic rings. The van der Waals surface area contributed by atoms with E-state index in [9.17, 15) is 19.2 Å². The molecule has 0 aromatic heterocycles. The molecular formula is C37H47NO6. The van der Waals surface area contributed by atoms with E-state index < -0.39 is 21.7 Å². The van der Waals surface area contributed by atoms with Gasteiger partial charge in [-0.2, -0.15) is 0 Å². The summed E-state index contributed by atoms with van der Waals surface area (Å²) in [5.41, 5.74) is -0.800. The third-order valence-corrected chi connectivity index (χ3v) is 13.7. The van der Waals surface area contributed by atoms with Gasteiger partial charge in [0.25, 0.3) is 0 Å². The quantitative estimate of drug-likeness (QED) is 0.249. The lowest BCUT2D eigenvalue weighted by atomic mass is 9.34. The highest BCUT2D eigenvalue weighted by atomic mass is 16.6. The van der Waals surface area contributed by atoms with Gasteiger partial charge in [0, 0.05) is 16.7 Å². The summed E-state index contributed by atoms with van der Waals surface area (Å²) in [5.74, 6) is -0.736. The molecule has 44 heavy (non-hydrogen) atoms. The van der Waals surface area contributed by atoms with Gasteiger partial charge in [0.1, 0.15) is 12.4 Å². The van der Waals surface area contributed by atoms with Gasteiger partial charge < -0.3 is 14.3 Å². The van der Waals surface area contributed by atoms with Gasteiger partial charge in [-0.15, -0.1) is 0 Å². The molecule has 7 heteroatoms. The van der Waals surface area contributed by atoms with Crippen LogP contribution in [-0.4, -0.2) is 30.1 Å². The fraction of sp³-hybridized carbons (Fsp3) is 0.703. The first-order valence-electron chi connectivity index (χ1n) is 16.3. The Kier molecular flexibility index (Phi) is 6.69. The minimum Gasteiger partial charge on any atom is -0.457 e. The Bertz CT molecular complexity index is 1520. The fourth-order valence-electron chi connectivity index (χ4n) is 11.0. The highest BCUT2D eigenvalue weighted by molar-refractivity contribution is 6.03. The minimum absolute atomic E-state index is 0.00556. The smallest absolute Gasteiger partial charge is 0.315 e. The maximum absolute atomic E-state index is 14.7. The van der Waals surface area contributed by atoms with Crippen molar-refractivity contribution in [3.05, 3.63) is 46.2 Å². The number of Topliss-reactive ketones (excluding diaryl/α,β-unsaturated/α-hetero) is 1. The van der Waals surface area contributed by atoms with Crippen LogP contribution in [0.1, 0.15) is 107 Å². The zero-order valence-electron chi connectivity index (χ0n) is 27.6. The lowest BCUT2D eigenvalue weighted by molar-refractivity contribution is -0.193. The van der Waals surface area contributed by atoms with E-state index >= 15 is 0 Å². The van der Waals surface area contributed by atoms with Gasteiger partial charge in [0.05, 0.1) is 18.4 Å². The van der Waals surface area contributed by atoms with Gasteiger partial charge >= 0.3 is 11.9 Å². The molecule has 0 saturated heterocycles. The summed E-state index contributed by atoms with van der Waals surface area (Å²) >= 11 is 0. The van der Waals surface area contributed by atoms with Gasteiger partial charge in [-0.05, 0) is 91.6 Å². The summed E-state index contributed by atoms with van der Waals surface area (Å²) in [4.78, 5) is 57.6. The third kappa shape index (κ3) is 3.97. The number of allylic oxidation sites excluding steroid dienone is 4. The lowest BCUT2D eigenvalue weighted by Gasteiger charge is -2.68. The van der Waals surface area contributed by atoms with Crippen molar-refractivity contribution in [3.63, 3.8) is 0 Å². The first-order chi connectivity index (χ1) is 20.4. The summed E-state index contributed by atoms with van der Waals surface area (Å²) in [6.07, 6.45) is 9.30. The van der Waals surface area contributed by atoms with Gasteiger partial charge in [-0.25, -0.2) is 4.85 Å². The first-order valence-corrected chi connectivity index (χ1v) is 16.3. The molecule has 5 aliphatic carbocycles. The molecule has 0 bridgehead atoms. The number of hydrogen-bond donors (Lipinski definition) is 0. The number of fused-ring (bicyclic) bond motifs is 7. The zero-order valence-corrected chi connectivity index (χ0v) is 27.6. The molecule has 0 radical (unpaired) electrons. The van der Waals surface area contributed by atoms with Crippen LogP contribution in [0.25, 0.3) is 4.85 Å². The molecule has 1 aliphatic heterocycles. The molecule has 236 valence electrons. The second-order valence-corrected chi connectivity index (χ2v) is 16.8. The van der Waals surface area contributed by atoms with E-state index in [0.29, 0.717) is 25.0 Å². The van der Waals surface area contributed by atoms with Gasteiger partial charge in [0.2, 0.25) is 5.70 Å². The second-order valence-electron chi connectivity index (χ2n) is 16.8. The van der Waals surface area contributed by atoms with Gasteiger partial charge in [-0.3, -0.25) is 14.4 Å². The van der Waals surface area contributed by atoms with Crippen molar-refractivity contribution in [1.82, 2.24) is 0 Å². The Morgan fingerprint density at radius 1 is 1.02 bits per heavy atom. The van der Waals surface area contributed by atoms with E-state index in [0.717, 1.165) is 36.8 Å². The van der Waals surface area contributed by atoms with Crippen molar-refractivity contribution in [3.8, 4) is 0 Å². The van der Waals surface area contributed by atoms with E-state index in [1.54, 1.807) is 0 Å². The molecule has 0 spiro atoms. The van der Waals surface area contributed by atoms with Crippen molar-refractivity contribution >= 4 is 23.5 Å². The minimum atomic E-state index is -0.772. The highest BCUT2D eigenvalue weighted by Crippen LogP contribution is 2.74. The monoisotopic (exact) mass is 601 g/mol. The highest BCUT2D eigenvalue weighted by Gasteiger charge is 2.71. The predicted octanol–water partition coefficient (Wildman–Crippen LogP) is 7.32. The van der Waals surface area contributed by atoms with Crippen LogP contribution < -0.4 is 0 Å². The van der Waals surface area contributed by atoms with Gasteiger partial charge in [-0.1, -0.05) is 60.1 Å². The molecule has 0 aromatic rings. The molecule has 0 N–H and O–H groups in total. The van der Waals surface area contributed by atoms with Crippen LogP contribution in [0.15, 0.2) is 34.8 Å². The van der Waals surface area contributed by atoms with E-state index in [2.05, 4.69) is 39.5 Å². The zero-order chi connectivity index (χ0) is 32.3. The number of rotatable bonds is 3. The lowest BCUT2D eigenvalue weighted by Crippen LogP contribution is -2.66. The average molecular weight is 602 g/mol. The molecule has 6 rings (SSSR count). The van der Waals surface area contributed by atoms with Crippen molar-refractivity contribution in [1.29, 1.82) is 0 Å². The molecule has 0 amide bonds. The predicted molar refractivity (Wildman–Crippen MR) is 164 cm³/mol. The van der Waals surface area contributed by atoms with Crippen LogP contribution in [0.3, 0.4) is 0 Å². The number of ketones is 2. The molecule has 1 heterocycles. The maximum Gasteiger partial charge on any atom is 0.315 e. The molecular weight excluding hydrogens is 554 g/mol. The van der Waals surface area contributed by atoms with Crippen molar-refractivity contribution < 1.29 is 28.7 Å². The maximum atomic E-state index is 14.7.